The fraction of sp³-hybridized carbons (Fsp3) is 0.417. The summed E-state index contributed by atoms with van der Waals surface area (Å²) in [7, 11) is -4.12. The normalized spacial score (nSPS) is 20.4. The number of piperidine rings is 1. The molecule has 0 aromatic heterocycles. The molecule has 3 N–H and O–H groups in total. The van der Waals surface area contributed by atoms with Crippen LogP contribution in [0.5, 0.6) is 0 Å². The molecule has 1 atom stereocenters. The van der Waals surface area contributed by atoms with Gasteiger partial charge in [-0.3, -0.25) is 0 Å². The second-order valence-electron chi connectivity index (χ2n) is 4.84. The van der Waals surface area contributed by atoms with Crippen molar-refractivity contribution in [3.63, 3.8) is 0 Å². The minimum Gasteiger partial charge on any atom is -0.478 e. The quantitative estimate of drug-likeness (QED) is 0.825. The van der Waals surface area contributed by atoms with Gasteiger partial charge < -0.3 is 10.8 Å². The van der Waals surface area contributed by atoms with Gasteiger partial charge >= 0.3 is 5.97 Å². The smallest absolute Gasteiger partial charge is 0.338 e. The molecule has 0 saturated carbocycles. The average molecular weight is 381 g/mol. The van der Waals surface area contributed by atoms with Gasteiger partial charge in [-0.05, 0) is 25.0 Å². The number of aromatic carboxylic acids is 1. The van der Waals surface area contributed by atoms with Crippen LogP contribution in [-0.4, -0.2) is 42.9 Å². The maximum absolute atomic E-state index is 14.2. The lowest BCUT2D eigenvalue weighted by Crippen LogP contribution is -2.45. The number of carbonyl (C=O) groups is 1. The highest BCUT2D eigenvalue weighted by atomic mass is 79.9. The molecule has 1 fully saturated rings. The SMILES string of the molecule is NC1CCCN(S(=O)(=O)c2cc(Br)cc(C(=O)O)c2F)C1. The van der Waals surface area contributed by atoms with Gasteiger partial charge in [-0.25, -0.2) is 17.6 Å². The first-order chi connectivity index (χ1) is 9.73. The fourth-order valence-electron chi connectivity index (χ4n) is 2.24. The highest BCUT2D eigenvalue weighted by molar-refractivity contribution is 9.10. The van der Waals surface area contributed by atoms with E-state index in [4.69, 9.17) is 10.8 Å². The Morgan fingerprint density at radius 2 is 2.14 bits per heavy atom. The first-order valence-corrected chi connectivity index (χ1v) is 8.45. The van der Waals surface area contributed by atoms with E-state index < -0.39 is 32.3 Å². The molecule has 1 saturated heterocycles. The molecule has 0 radical (unpaired) electrons. The first-order valence-electron chi connectivity index (χ1n) is 6.21. The van der Waals surface area contributed by atoms with Crippen molar-refractivity contribution in [1.29, 1.82) is 0 Å². The van der Waals surface area contributed by atoms with Crippen LogP contribution in [0.25, 0.3) is 0 Å². The molecule has 0 spiro atoms. The fourth-order valence-corrected chi connectivity index (χ4v) is 4.50. The Morgan fingerprint density at radius 1 is 1.48 bits per heavy atom. The summed E-state index contributed by atoms with van der Waals surface area (Å²) in [5.74, 6) is -2.79. The Hall–Kier alpha value is -1.03. The number of carboxylic acid groups (broad SMARTS) is 1. The number of hydrogen-bond donors (Lipinski definition) is 2. The molecule has 0 aliphatic carbocycles. The molecule has 1 aromatic rings. The summed E-state index contributed by atoms with van der Waals surface area (Å²) in [6, 6.07) is 1.79. The van der Waals surface area contributed by atoms with Gasteiger partial charge in [0, 0.05) is 23.6 Å². The lowest BCUT2D eigenvalue weighted by Gasteiger charge is -2.30. The van der Waals surface area contributed by atoms with Crippen molar-refractivity contribution in [2.75, 3.05) is 13.1 Å². The molecule has 1 aliphatic rings. The number of nitrogens with zero attached hydrogens (tertiary/aromatic N) is 1. The van der Waals surface area contributed by atoms with Crippen LogP contribution in [0.4, 0.5) is 4.39 Å². The van der Waals surface area contributed by atoms with E-state index in [0.717, 1.165) is 16.4 Å². The third-order valence-corrected chi connectivity index (χ3v) is 5.60. The molecule has 0 amide bonds. The third-order valence-electron chi connectivity index (χ3n) is 3.27. The summed E-state index contributed by atoms with van der Waals surface area (Å²) in [5.41, 5.74) is 5.05. The van der Waals surface area contributed by atoms with Crippen LogP contribution in [0.1, 0.15) is 23.2 Å². The molecule has 1 aliphatic heterocycles. The maximum atomic E-state index is 14.2. The van der Waals surface area contributed by atoms with Gasteiger partial charge in [0.05, 0.1) is 5.56 Å². The highest BCUT2D eigenvalue weighted by Gasteiger charge is 2.33. The third kappa shape index (κ3) is 3.25. The maximum Gasteiger partial charge on any atom is 0.338 e. The zero-order valence-corrected chi connectivity index (χ0v) is 13.3. The van der Waals surface area contributed by atoms with Crippen LogP contribution in [0.15, 0.2) is 21.5 Å². The predicted molar refractivity (Wildman–Crippen MR) is 77.0 cm³/mol. The zero-order chi connectivity index (χ0) is 15.8. The lowest BCUT2D eigenvalue weighted by molar-refractivity contribution is 0.0691. The Morgan fingerprint density at radius 3 is 2.71 bits per heavy atom. The van der Waals surface area contributed by atoms with Gasteiger partial charge in [-0.15, -0.1) is 0 Å². The molecule has 1 unspecified atom stereocenters. The summed E-state index contributed by atoms with van der Waals surface area (Å²) in [6.45, 7) is 0.334. The van der Waals surface area contributed by atoms with Gasteiger partial charge in [0.1, 0.15) is 4.90 Å². The summed E-state index contributed by atoms with van der Waals surface area (Å²) in [4.78, 5) is 10.3. The highest BCUT2D eigenvalue weighted by Crippen LogP contribution is 2.28. The summed E-state index contributed by atoms with van der Waals surface area (Å²) in [5, 5.41) is 8.94. The van der Waals surface area contributed by atoms with E-state index in [1.54, 1.807) is 0 Å². The molecule has 1 heterocycles. The number of carboxylic acids is 1. The summed E-state index contributed by atoms with van der Waals surface area (Å²) in [6.07, 6.45) is 1.29. The van der Waals surface area contributed by atoms with Crippen LogP contribution >= 0.6 is 15.9 Å². The number of nitrogens with two attached hydrogens (primary N) is 1. The van der Waals surface area contributed by atoms with E-state index >= 15 is 0 Å². The van der Waals surface area contributed by atoms with Gasteiger partial charge in [-0.2, -0.15) is 4.31 Å². The average Bonchev–Trinajstić information content (AvgIpc) is 2.40. The van der Waals surface area contributed by atoms with Crippen molar-refractivity contribution in [2.24, 2.45) is 5.73 Å². The second kappa shape index (κ2) is 5.99. The van der Waals surface area contributed by atoms with Crippen molar-refractivity contribution < 1.29 is 22.7 Å². The number of benzene rings is 1. The number of halogens is 2. The molecule has 0 bridgehead atoms. The largest absolute Gasteiger partial charge is 0.478 e. The van der Waals surface area contributed by atoms with E-state index in [9.17, 15) is 17.6 Å². The minimum absolute atomic E-state index is 0.0939. The van der Waals surface area contributed by atoms with Crippen LogP contribution in [0, 0.1) is 5.82 Å². The van der Waals surface area contributed by atoms with Crippen molar-refractivity contribution in [3.8, 4) is 0 Å². The molecule has 21 heavy (non-hydrogen) atoms. The minimum atomic E-state index is -4.12. The Kier molecular flexibility index (Phi) is 4.66. The Bertz CT molecular complexity index is 680. The second-order valence-corrected chi connectivity index (χ2v) is 7.66. The van der Waals surface area contributed by atoms with E-state index in [0.29, 0.717) is 12.8 Å². The molecule has 9 heteroatoms. The molecule has 6 nitrogen and oxygen atoms in total. The van der Waals surface area contributed by atoms with E-state index in [1.807, 2.05) is 0 Å². The van der Waals surface area contributed by atoms with Crippen molar-refractivity contribution in [1.82, 2.24) is 4.31 Å². The standard InChI is InChI=1S/C12H14BrFN2O4S/c13-7-4-9(12(17)18)11(14)10(5-7)21(19,20)16-3-1-2-8(15)6-16/h4-5,8H,1-3,6,15H2,(H,17,18). The topological polar surface area (TPSA) is 101 Å². The predicted octanol–water partition coefficient (Wildman–Crippen LogP) is 1.40. The van der Waals surface area contributed by atoms with Crippen molar-refractivity contribution in [2.45, 2.75) is 23.8 Å². The van der Waals surface area contributed by atoms with Gasteiger partial charge in [-0.1, -0.05) is 15.9 Å². The van der Waals surface area contributed by atoms with Gasteiger partial charge in [0.15, 0.2) is 5.82 Å². The lowest BCUT2D eigenvalue weighted by atomic mass is 10.1. The first kappa shape index (κ1) is 16.3. The van der Waals surface area contributed by atoms with Crippen molar-refractivity contribution in [3.05, 3.63) is 28.0 Å². The van der Waals surface area contributed by atoms with Crippen LogP contribution in [-0.2, 0) is 10.0 Å². The van der Waals surface area contributed by atoms with Gasteiger partial charge in [0.25, 0.3) is 0 Å². The van der Waals surface area contributed by atoms with E-state index in [-0.39, 0.29) is 23.6 Å². The summed E-state index contributed by atoms with van der Waals surface area (Å²) < 4.78 is 40.5. The monoisotopic (exact) mass is 380 g/mol. The molecule has 1 aromatic carbocycles. The molecule has 116 valence electrons. The molecular formula is C12H14BrFN2O4S. The van der Waals surface area contributed by atoms with Crippen LogP contribution in [0.2, 0.25) is 0 Å². The number of sulfonamides is 1. The van der Waals surface area contributed by atoms with E-state index in [2.05, 4.69) is 15.9 Å². The van der Waals surface area contributed by atoms with Crippen LogP contribution < -0.4 is 5.73 Å². The number of hydrogen-bond acceptors (Lipinski definition) is 4. The number of rotatable bonds is 3. The molecule has 2 rings (SSSR count). The zero-order valence-electron chi connectivity index (χ0n) is 10.9. The molecular weight excluding hydrogens is 367 g/mol. The van der Waals surface area contributed by atoms with Gasteiger partial charge in [0.2, 0.25) is 10.0 Å². The van der Waals surface area contributed by atoms with E-state index in [1.165, 1.54) is 0 Å². The van der Waals surface area contributed by atoms with Crippen LogP contribution in [0.3, 0.4) is 0 Å². The Balaban J connectivity index is 2.52. The van der Waals surface area contributed by atoms with Crippen molar-refractivity contribution >= 4 is 31.9 Å². The summed E-state index contributed by atoms with van der Waals surface area (Å²) >= 11 is 3.01. The Labute approximate surface area is 129 Å².